The first-order chi connectivity index (χ1) is 7.63. The van der Waals surface area contributed by atoms with Crippen LogP contribution in [0.1, 0.15) is 5.56 Å². The van der Waals surface area contributed by atoms with Crippen LogP contribution in [0.3, 0.4) is 0 Å². The summed E-state index contributed by atoms with van der Waals surface area (Å²) in [5, 5.41) is 10.8. The van der Waals surface area contributed by atoms with E-state index in [9.17, 15) is 10.1 Å². The smallest absolute Gasteiger partial charge is 0.276 e. The highest BCUT2D eigenvalue weighted by molar-refractivity contribution is 5.54. The monoisotopic (exact) mass is 223 g/mol. The first kappa shape index (κ1) is 12.0. The summed E-state index contributed by atoms with van der Waals surface area (Å²) in [7, 11) is 2.93. The summed E-state index contributed by atoms with van der Waals surface area (Å²) < 4.78 is 10.1. The Kier molecular flexibility index (Phi) is 3.88. The Bertz CT molecular complexity index is 415. The van der Waals surface area contributed by atoms with Gasteiger partial charge in [-0.2, -0.15) is 0 Å². The molecule has 86 valence electrons. The average Bonchev–Trinajstić information content (AvgIpc) is 2.28. The molecule has 0 unspecified atom stereocenters. The number of nitro groups is 1. The van der Waals surface area contributed by atoms with Crippen molar-refractivity contribution in [1.82, 2.24) is 0 Å². The largest absolute Gasteiger partial charge is 0.493 e. The number of allylic oxidation sites excluding steroid dienone is 1. The molecule has 0 aliphatic heterocycles. The Morgan fingerprint density at radius 2 is 1.94 bits per heavy atom. The molecule has 0 aliphatic carbocycles. The first-order valence-corrected chi connectivity index (χ1v) is 4.64. The van der Waals surface area contributed by atoms with Gasteiger partial charge in [-0.3, -0.25) is 10.1 Å². The van der Waals surface area contributed by atoms with Crippen molar-refractivity contribution in [2.75, 3.05) is 14.2 Å². The Hall–Kier alpha value is -2.04. The zero-order chi connectivity index (χ0) is 12.1. The molecule has 0 atom stereocenters. The SMILES string of the molecule is C=CCc1cc(OC)c(OC)cc1[N+](=O)[O-]. The molecule has 0 radical (unpaired) electrons. The maximum Gasteiger partial charge on any atom is 0.276 e. The van der Waals surface area contributed by atoms with Gasteiger partial charge in [-0.15, -0.1) is 6.58 Å². The van der Waals surface area contributed by atoms with E-state index in [1.165, 1.54) is 20.3 Å². The third-order valence-corrected chi connectivity index (χ3v) is 2.15. The van der Waals surface area contributed by atoms with E-state index in [2.05, 4.69) is 6.58 Å². The lowest BCUT2D eigenvalue weighted by molar-refractivity contribution is -0.385. The number of ether oxygens (including phenoxy) is 2. The van der Waals surface area contributed by atoms with Crippen LogP contribution in [0.15, 0.2) is 24.8 Å². The minimum Gasteiger partial charge on any atom is -0.493 e. The lowest BCUT2D eigenvalue weighted by Gasteiger charge is -2.09. The zero-order valence-electron chi connectivity index (χ0n) is 9.23. The number of methoxy groups -OCH3 is 2. The van der Waals surface area contributed by atoms with E-state index in [-0.39, 0.29) is 5.69 Å². The summed E-state index contributed by atoms with van der Waals surface area (Å²) in [6.07, 6.45) is 2.02. The van der Waals surface area contributed by atoms with Gasteiger partial charge < -0.3 is 9.47 Å². The summed E-state index contributed by atoms with van der Waals surface area (Å²) in [5.41, 5.74) is 0.565. The fourth-order valence-corrected chi connectivity index (χ4v) is 1.40. The minimum absolute atomic E-state index is 0.0116. The topological polar surface area (TPSA) is 61.6 Å². The van der Waals surface area contributed by atoms with E-state index >= 15 is 0 Å². The van der Waals surface area contributed by atoms with E-state index in [4.69, 9.17) is 9.47 Å². The highest BCUT2D eigenvalue weighted by Gasteiger charge is 2.18. The van der Waals surface area contributed by atoms with Gasteiger partial charge in [0.1, 0.15) is 0 Å². The van der Waals surface area contributed by atoms with Crippen LogP contribution in [0.2, 0.25) is 0 Å². The molecule has 0 spiro atoms. The van der Waals surface area contributed by atoms with Crippen LogP contribution in [0.4, 0.5) is 5.69 Å². The quantitative estimate of drug-likeness (QED) is 0.436. The number of rotatable bonds is 5. The van der Waals surface area contributed by atoms with Gasteiger partial charge in [-0.05, 0) is 12.5 Å². The van der Waals surface area contributed by atoms with E-state index in [0.29, 0.717) is 23.5 Å². The summed E-state index contributed by atoms with van der Waals surface area (Å²) in [5.74, 6) is 0.826. The molecule has 1 aromatic rings. The number of benzene rings is 1. The normalized spacial score (nSPS) is 9.62. The van der Waals surface area contributed by atoms with Gasteiger partial charge in [0.05, 0.1) is 25.2 Å². The fourth-order valence-electron chi connectivity index (χ4n) is 1.40. The average molecular weight is 223 g/mol. The molecular formula is C11H13NO4. The second-order valence-electron chi connectivity index (χ2n) is 3.09. The predicted octanol–water partition coefficient (Wildman–Crippen LogP) is 2.34. The molecule has 0 saturated carbocycles. The van der Waals surface area contributed by atoms with Crippen molar-refractivity contribution in [3.05, 3.63) is 40.5 Å². The van der Waals surface area contributed by atoms with Crippen LogP contribution < -0.4 is 9.47 Å². The maximum atomic E-state index is 10.8. The van der Waals surface area contributed by atoms with Gasteiger partial charge in [-0.1, -0.05) is 6.08 Å². The zero-order valence-corrected chi connectivity index (χ0v) is 9.23. The number of nitrogens with zero attached hydrogens (tertiary/aromatic N) is 1. The molecule has 5 heteroatoms. The lowest BCUT2D eigenvalue weighted by Crippen LogP contribution is -1.98. The van der Waals surface area contributed by atoms with Gasteiger partial charge >= 0.3 is 0 Å². The third kappa shape index (κ3) is 2.31. The molecule has 1 aromatic carbocycles. The Morgan fingerprint density at radius 3 is 2.38 bits per heavy atom. The van der Waals surface area contributed by atoms with Crippen LogP contribution in [0.5, 0.6) is 11.5 Å². The standard InChI is InChI=1S/C11H13NO4/c1-4-5-8-6-10(15-2)11(16-3)7-9(8)12(13)14/h4,6-7H,1,5H2,2-3H3. The van der Waals surface area contributed by atoms with Gasteiger partial charge in [-0.25, -0.2) is 0 Å². The van der Waals surface area contributed by atoms with Crippen LogP contribution >= 0.6 is 0 Å². The van der Waals surface area contributed by atoms with Crippen molar-refractivity contribution < 1.29 is 14.4 Å². The van der Waals surface area contributed by atoms with E-state index < -0.39 is 4.92 Å². The van der Waals surface area contributed by atoms with Crippen molar-refractivity contribution in [1.29, 1.82) is 0 Å². The van der Waals surface area contributed by atoms with Crippen LogP contribution in [0.25, 0.3) is 0 Å². The van der Waals surface area contributed by atoms with Gasteiger partial charge in [0.25, 0.3) is 5.69 Å². The molecular weight excluding hydrogens is 210 g/mol. The van der Waals surface area contributed by atoms with Gasteiger partial charge in [0.2, 0.25) is 0 Å². The summed E-state index contributed by atoms with van der Waals surface area (Å²) in [6.45, 7) is 3.56. The molecule has 0 fully saturated rings. The third-order valence-electron chi connectivity index (χ3n) is 2.15. The Labute approximate surface area is 93.4 Å². The van der Waals surface area contributed by atoms with Crippen LogP contribution in [0, 0.1) is 10.1 Å². The molecule has 16 heavy (non-hydrogen) atoms. The molecule has 5 nitrogen and oxygen atoms in total. The van der Waals surface area contributed by atoms with E-state index in [1.54, 1.807) is 12.1 Å². The molecule has 0 amide bonds. The predicted molar refractivity (Wildman–Crippen MR) is 60.1 cm³/mol. The van der Waals surface area contributed by atoms with E-state index in [1.807, 2.05) is 0 Å². The van der Waals surface area contributed by atoms with Gasteiger partial charge in [0.15, 0.2) is 11.5 Å². The Balaban J connectivity index is 3.34. The number of nitro benzene ring substituents is 1. The van der Waals surface area contributed by atoms with Gasteiger partial charge in [0, 0.05) is 5.56 Å². The fraction of sp³-hybridized carbons (Fsp3) is 0.273. The molecule has 0 aliphatic rings. The maximum absolute atomic E-state index is 10.8. The van der Waals surface area contributed by atoms with Crippen molar-refractivity contribution in [3.8, 4) is 11.5 Å². The second kappa shape index (κ2) is 5.16. The molecule has 0 saturated heterocycles. The lowest BCUT2D eigenvalue weighted by atomic mass is 10.1. The molecule has 0 heterocycles. The molecule has 1 rings (SSSR count). The molecule has 0 aromatic heterocycles. The van der Waals surface area contributed by atoms with Crippen molar-refractivity contribution >= 4 is 5.69 Å². The highest BCUT2D eigenvalue weighted by atomic mass is 16.6. The van der Waals surface area contributed by atoms with Crippen molar-refractivity contribution in [2.24, 2.45) is 0 Å². The summed E-state index contributed by atoms with van der Waals surface area (Å²) in [6, 6.07) is 2.95. The minimum atomic E-state index is -0.444. The molecule has 0 bridgehead atoms. The number of hydrogen-bond donors (Lipinski definition) is 0. The summed E-state index contributed by atoms with van der Waals surface area (Å²) in [4.78, 5) is 10.4. The van der Waals surface area contributed by atoms with Crippen LogP contribution in [-0.2, 0) is 6.42 Å². The second-order valence-corrected chi connectivity index (χ2v) is 3.09. The number of hydrogen-bond acceptors (Lipinski definition) is 4. The highest BCUT2D eigenvalue weighted by Crippen LogP contribution is 2.34. The van der Waals surface area contributed by atoms with Crippen molar-refractivity contribution in [3.63, 3.8) is 0 Å². The summed E-state index contributed by atoms with van der Waals surface area (Å²) >= 11 is 0. The Morgan fingerprint density at radius 1 is 1.38 bits per heavy atom. The first-order valence-electron chi connectivity index (χ1n) is 4.64. The molecule has 0 N–H and O–H groups in total. The van der Waals surface area contributed by atoms with E-state index in [0.717, 1.165) is 0 Å². The van der Waals surface area contributed by atoms with Crippen LogP contribution in [-0.4, -0.2) is 19.1 Å². The van der Waals surface area contributed by atoms with Crippen molar-refractivity contribution in [2.45, 2.75) is 6.42 Å².